The number of anilines is 1. The lowest BCUT2D eigenvalue weighted by atomic mass is 9.99. The molecule has 1 aromatic rings. The number of hydrogen-bond donors (Lipinski definition) is 0. The summed E-state index contributed by atoms with van der Waals surface area (Å²) in [6, 6.07) is 6.12. The van der Waals surface area contributed by atoms with Crippen LogP contribution >= 0.6 is 0 Å². The molecule has 2 nitrogen and oxygen atoms in total. The van der Waals surface area contributed by atoms with Gasteiger partial charge in [-0.05, 0) is 30.9 Å². The summed E-state index contributed by atoms with van der Waals surface area (Å²) < 4.78 is 0. The van der Waals surface area contributed by atoms with Gasteiger partial charge in [0.05, 0.1) is 0 Å². The maximum atomic E-state index is 4.35. The number of pyridine rings is 1. The molecule has 0 aromatic carbocycles. The van der Waals surface area contributed by atoms with Crippen LogP contribution < -0.4 is 4.90 Å². The van der Waals surface area contributed by atoms with Crippen LogP contribution in [-0.4, -0.2) is 18.1 Å². The third kappa shape index (κ3) is 3.54. The van der Waals surface area contributed by atoms with E-state index in [1.54, 1.807) is 0 Å². The largest absolute Gasteiger partial charge is 0.357 e. The SMILES string of the molecule is CC.CC1CCN(c2ccccn2)CC1. The first-order valence-corrected chi connectivity index (χ1v) is 6.02. The molecule has 1 aliphatic heterocycles. The van der Waals surface area contributed by atoms with Gasteiger partial charge in [-0.1, -0.05) is 26.8 Å². The zero-order chi connectivity index (χ0) is 11.1. The Hall–Kier alpha value is -1.05. The van der Waals surface area contributed by atoms with E-state index in [1.165, 1.54) is 12.8 Å². The Morgan fingerprint density at radius 2 is 1.87 bits per heavy atom. The minimum Gasteiger partial charge on any atom is -0.357 e. The standard InChI is InChI=1S/C11H16N2.C2H6/c1-10-5-8-13(9-6-10)11-4-2-3-7-12-11;1-2/h2-4,7,10H,5-6,8-9H2,1H3;1-2H3. The number of rotatable bonds is 1. The van der Waals surface area contributed by atoms with E-state index in [4.69, 9.17) is 0 Å². The third-order valence-electron chi connectivity index (χ3n) is 2.76. The molecule has 0 amide bonds. The highest BCUT2D eigenvalue weighted by Crippen LogP contribution is 2.20. The molecule has 0 saturated carbocycles. The van der Waals surface area contributed by atoms with Crippen molar-refractivity contribution >= 4 is 5.82 Å². The molecular weight excluding hydrogens is 184 g/mol. The van der Waals surface area contributed by atoms with E-state index in [0.29, 0.717) is 0 Å². The molecule has 1 aliphatic rings. The number of piperidine rings is 1. The van der Waals surface area contributed by atoms with Gasteiger partial charge in [0.15, 0.2) is 0 Å². The predicted molar refractivity (Wildman–Crippen MR) is 66.2 cm³/mol. The fourth-order valence-corrected chi connectivity index (χ4v) is 1.78. The van der Waals surface area contributed by atoms with Crippen LogP contribution in [0.2, 0.25) is 0 Å². The van der Waals surface area contributed by atoms with Gasteiger partial charge >= 0.3 is 0 Å². The highest BCUT2D eigenvalue weighted by Gasteiger charge is 2.15. The molecular formula is C13H22N2. The Balaban J connectivity index is 0.000000531. The first-order valence-electron chi connectivity index (χ1n) is 6.02. The van der Waals surface area contributed by atoms with Gasteiger partial charge in [0.25, 0.3) is 0 Å². The van der Waals surface area contributed by atoms with E-state index in [9.17, 15) is 0 Å². The van der Waals surface area contributed by atoms with Crippen LogP contribution in [0.5, 0.6) is 0 Å². The third-order valence-corrected chi connectivity index (χ3v) is 2.76. The van der Waals surface area contributed by atoms with E-state index in [1.807, 2.05) is 26.1 Å². The Morgan fingerprint density at radius 1 is 1.20 bits per heavy atom. The van der Waals surface area contributed by atoms with E-state index in [-0.39, 0.29) is 0 Å². The second-order valence-corrected chi connectivity index (χ2v) is 3.86. The zero-order valence-corrected chi connectivity index (χ0v) is 10.1. The van der Waals surface area contributed by atoms with E-state index >= 15 is 0 Å². The van der Waals surface area contributed by atoms with Gasteiger partial charge in [-0.2, -0.15) is 0 Å². The second kappa shape index (κ2) is 6.44. The van der Waals surface area contributed by atoms with Crippen molar-refractivity contribution in [3.8, 4) is 0 Å². The van der Waals surface area contributed by atoms with Gasteiger partial charge in [-0.25, -0.2) is 4.98 Å². The van der Waals surface area contributed by atoms with Crippen LogP contribution in [-0.2, 0) is 0 Å². The van der Waals surface area contributed by atoms with Gasteiger partial charge in [0.1, 0.15) is 5.82 Å². The minimum absolute atomic E-state index is 0.889. The van der Waals surface area contributed by atoms with Gasteiger partial charge in [-0.15, -0.1) is 0 Å². The Morgan fingerprint density at radius 3 is 2.40 bits per heavy atom. The summed E-state index contributed by atoms with van der Waals surface area (Å²) in [5.41, 5.74) is 0. The highest BCUT2D eigenvalue weighted by molar-refractivity contribution is 5.37. The molecule has 0 N–H and O–H groups in total. The van der Waals surface area contributed by atoms with Gasteiger partial charge in [0, 0.05) is 19.3 Å². The molecule has 1 fully saturated rings. The summed E-state index contributed by atoms with van der Waals surface area (Å²) in [6.45, 7) is 8.66. The molecule has 1 saturated heterocycles. The molecule has 0 unspecified atom stereocenters. The fraction of sp³-hybridized carbons (Fsp3) is 0.615. The van der Waals surface area contributed by atoms with Crippen molar-refractivity contribution in [3.63, 3.8) is 0 Å². The Labute approximate surface area is 93.3 Å². The number of hydrogen-bond acceptors (Lipinski definition) is 2. The van der Waals surface area contributed by atoms with Crippen molar-refractivity contribution in [1.82, 2.24) is 4.98 Å². The summed E-state index contributed by atoms with van der Waals surface area (Å²) >= 11 is 0. The van der Waals surface area contributed by atoms with Gasteiger partial charge in [0.2, 0.25) is 0 Å². The van der Waals surface area contributed by atoms with Crippen LogP contribution in [0.1, 0.15) is 33.6 Å². The number of aromatic nitrogens is 1. The van der Waals surface area contributed by atoms with Crippen molar-refractivity contribution in [3.05, 3.63) is 24.4 Å². The fourth-order valence-electron chi connectivity index (χ4n) is 1.78. The normalized spacial score (nSPS) is 16.9. The second-order valence-electron chi connectivity index (χ2n) is 3.86. The summed E-state index contributed by atoms with van der Waals surface area (Å²) in [7, 11) is 0. The van der Waals surface area contributed by atoms with E-state index < -0.39 is 0 Å². The van der Waals surface area contributed by atoms with Crippen LogP contribution in [0.25, 0.3) is 0 Å². The van der Waals surface area contributed by atoms with Crippen LogP contribution in [0.4, 0.5) is 5.82 Å². The van der Waals surface area contributed by atoms with Crippen molar-refractivity contribution in [2.75, 3.05) is 18.0 Å². The summed E-state index contributed by atoms with van der Waals surface area (Å²) in [5, 5.41) is 0. The average molecular weight is 206 g/mol. The van der Waals surface area contributed by atoms with Gasteiger partial charge < -0.3 is 4.90 Å². The molecule has 2 heteroatoms. The monoisotopic (exact) mass is 206 g/mol. The molecule has 0 bridgehead atoms. The van der Waals surface area contributed by atoms with Crippen LogP contribution in [0.3, 0.4) is 0 Å². The molecule has 0 spiro atoms. The maximum Gasteiger partial charge on any atom is 0.128 e. The highest BCUT2D eigenvalue weighted by atomic mass is 15.2. The lowest BCUT2D eigenvalue weighted by Crippen LogP contribution is -2.33. The summed E-state index contributed by atoms with van der Waals surface area (Å²) in [5.74, 6) is 2.02. The quantitative estimate of drug-likeness (QED) is 0.700. The van der Waals surface area contributed by atoms with Crippen LogP contribution in [0.15, 0.2) is 24.4 Å². The van der Waals surface area contributed by atoms with E-state index in [0.717, 1.165) is 24.8 Å². The lowest BCUT2D eigenvalue weighted by Gasteiger charge is -2.31. The van der Waals surface area contributed by atoms with Crippen molar-refractivity contribution in [2.45, 2.75) is 33.6 Å². The molecule has 84 valence electrons. The van der Waals surface area contributed by atoms with Crippen molar-refractivity contribution in [2.24, 2.45) is 5.92 Å². The predicted octanol–water partition coefficient (Wildman–Crippen LogP) is 3.34. The first kappa shape index (κ1) is 12.0. The van der Waals surface area contributed by atoms with Gasteiger partial charge in [-0.3, -0.25) is 0 Å². The smallest absolute Gasteiger partial charge is 0.128 e. The van der Waals surface area contributed by atoms with Crippen LogP contribution in [0, 0.1) is 5.92 Å². The van der Waals surface area contributed by atoms with Crippen molar-refractivity contribution in [1.29, 1.82) is 0 Å². The van der Waals surface area contributed by atoms with Crippen molar-refractivity contribution < 1.29 is 0 Å². The summed E-state index contributed by atoms with van der Waals surface area (Å²) in [4.78, 5) is 6.73. The number of nitrogens with zero attached hydrogens (tertiary/aromatic N) is 2. The maximum absolute atomic E-state index is 4.35. The average Bonchev–Trinajstić information content (AvgIpc) is 2.34. The molecule has 1 aromatic heterocycles. The Kier molecular flexibility index (Phi) is 5.16. The lowest BCUT2D eigenvalue weighted by molar-refractivity contribution is 0.436. The Bertz CT molecular complexity index is 250. The molecule has 0 radical (unpaired) electrons. The molecule has 2 rings (SSSR count). The molecule has 0 atom stereocenters. The minimum atomic E-state index is 0.889. The molecule has 2 heterocycles. The van der Waals surface area contributed by atoms with E-state index in [2.05, 4.69) is 28.9 Å². The molecule has 15 heavy (non-hydrogen) atoms. The zero-order valence-electron chi connectivity index (χ0n) is 10.1. The first-order chi connectivity index (χ1) is 7.36. The molecule has 0 aliphatic carbocycles. The summed E-state index contributed by atoms with van der Waals surface area (Å²) in [6.07, 6.45) is 4.47. The topological polar surface area (TPSA) is 16.1 Å².